The molecular weight excluding hydrogens is 380 g/mol. The normalized spacial score (nSPS) is 14.2. The number of aromatic amines is 1. The van der Waals surface area contributed by atoms with Gasteiger partial charge in [0, 0.05) is 49.5 Å². The van der Waals surface area contributed by atoms with Crippen LogP contribution < -0.4 is 15.8 Å². The first kappa shape index (κ1) is 18.4. The van der Waals surface area contributed by atoms with E-state index in [4.69, 9.17) is 9.72 Å². The molecule has 1 saturated heterocycles. The van der Waals surface area contributed by atoms with Crippen molar-refractivity contribution in [3.05, 3.63) is 65.3 Å². The number of ether oxygens (including phenoxy) is 1. The van der Waals surface area contributed by atoms with E-state index in [1.807, 2.05) is 37.5 Å². The number of anilines is 3. The highest BCUT2D eigenvalue weighted by atomic mass is 16.5. The second-order valence-corrected chi connectivity index (χ2v) is 7.30. The molecule has 0 unspecified atom stereocenters. The Morgan fingerprint density at radius 3 is 2.67 bits per heavy atom. The first-order chi connectivity index (χ1) is 14.7. The molecule has 0 amide bonds. The summed E-state index contributed by atoms with van der Waals surface area (Å²) in [5.41, 5.74) is 3.50. The Hall–Kier alpha value is -3.65. The summed E-state index contributed by atoms with van der Waals surface area (Å²) in [4.78, 5) is 22.3. The second-order valence-electron chi connectivity index (χ2n) is 7.30. The standard InChI is InChI=1S/C22H22N6O2/c1-27-14-16(13-24-27)19-12-15-6-7-23-22(29)20(15)21(26-19)25-17-2-4-18(5-3-17)28-8-10-30-11-9-28/h2-7,12-14H,8-11H2,1H3,(H,23,29)(H,25,26). The molecule has 8 heteroatoms. The third kappa shape index (κ3) is 3.53. The van der Waals surface area contributed by atoms with Crippen molar-refractivity contribution in [3.8, 4) is 11.3 Å². The fourth-order valence-electron chi connectivity index (χ4n) is 3.72. The Morgan fingerprint density at radius 2 is 1.93 bits per heavy atom. The molecule has 0 aliphatic carbocycles. The summed E-state index contributed by atoms with van der Waals surface area (Å²) in [6.07, 6.45) is 5.32. The van der Waals surface area contributed by atoms with Crippen LogP contribution in [-0.2, 0) is 11.8 Å². The summed E-state index contributed by atoms with van der Waals surface area (Å²) in [5.74, 6) is 0.521. The van der Waals surface area contributed by atoms with E-state index in [0.29, 0.717) is 11.2 Å². The summed E-state index contributed by atoms with van der Waals surface area (Å²) in [7, 11) is 1.87. The monoisotopic (exact) mass is 402 g/mol. The van der Waals surface area contributed by atoms with Crippen LogP contribution in [0.1, 0.15) is 0 Å². The van der Waals surface area contributed by atoms with Crippen molar-refractivity contribution in [1.82, 2.24) is 19.7 Å². The number of hydrogen-bond acceptors (Lipinski definition) is 6. The molecule has 1 fully saturated rings. The lowest BCUT2D eigenvalue weighted by Gasteiger charge is -2.28. The first-order valence-corrected chi connectivity index (χ1v) is 9.89. The van der Waals surface area contributed by atoms with Gasteiger partial charge in [-0.25, -0.2) is 4.98 Å². The van der Waals surface area contributed by atoms with Crippen molar-refractivity contribution in [1.29, 1.82) is 0 Å². The zero-order valence-electron chi connectivity index (χ0n) is 16.6. The molecule has 1 aliphatic rings. The predicted octanol–water partition coefficient (Wildman–Crippen LogP) is 2.90. The molecule has 2 N–H and O–H groups in total. The van der Waals surface area contributed by atoms with Crippen molar-refractivity contribution in [3.63, 3.8) is 0 Å². The van der Waals surface area contributed by atoms with E-state index in [2.05, 4.69) is 32.4 Å². The predicted molar refractivity (Wildman–Crippen MR) is 117 cm³/mol. The van der Waals surface area contributed by atoms with Gasteiger partial charge in [-0.05, 0) is 41.8 Å². The molecule has 5 rings (SSSR count). The number of nitrogens with zero attached hydrogens (tertiary/aromatic N) is 4. The van der Waals surface area contributed by atoms with E-state index in [-0.39, 0.29) is 5.56 Å². The average molecular weight is 402 g/mol. The van der Waals surface area contributed by atoms with Gasteiger partial charge >= 0.3 is 0 Å². The maximum Gasteiger partial charge on any atom is 0.259 e. The minimum absolute atomic E-state index is 0.176. The van der Waals surface area contributed by atoms with Gasteiger partial charge < -0.3 is 19.9 Å². The number of H-pyrrole nitrogens is 1. The minimum Gasteiger partial charge on any atom is -0.378 e. The molecule has 0 spiro atoms. The Labute approximate surface area is 173 Å². The van der Waals surface area contributed by atoms with Gasteiger partial charge in [0.25, 0.3) is 5.56 Å². The molecule has 1 aliphatic heterocycles. The molecule has 4 aromatic rings. The van der Waals surface area contributed by atoms with Crippen molar-refractivity contribution in [2.45, 2.75) is 0 Å². The third-order valence-corrected chi connectivity index (χ3v) is 5.26. The van der Waals surface area contributed by atoms with Gasteiger partial charge in [-0.15, -0.1) is 0 Å². The molecule has 4 heterocycles. The lowest BCUT2D eigenvalue weighted by molar-refractivity contribution is 0.122. The van der Waals surface area contributed by atoms with Crippen molar-refractivity contribution in [2.75, 3.05) is 36.5 Å². The lowest BCUT2D eigenvalue weighted by atomic mass is 10.1. The van der Waals surface area contributed by atoms with Crippen LogP contribution in [-0.4, -0.2) is 46.1 Å². The van der Waals surface area contributed by atoms with Gasteiger partial charge in [0.2, 0.25) is 0 Å². The third-order valence-electron chi connectivity index (χ3n) is 5.26. The molecule has 0 saturated carbocycles. The van der Waals surface area contributed by atoms with Gasteiger partial charge in [-0.2, -0.15) is 5.10 Å². The maximum absolute atomic E-state index is 12.5. The van der Waals surface area contributed by atoms with Crippen LogP contribution in [0, 0.1) is 0 Å². The molecule has 0 bridgehead atoms. The van der Waals surface area contributed by atoms with Crippen LogP contribution in [0.2, 0.25) is 0 Å². The SMILES string of the molecule is Cn1cc(-c2cc3cc[nH]c(=O)c3c(Nc3ccc(N4CCOCC4)cc3)n2)cn1. The van der Waals surface area contributed by atoms with Crippen LogP contribution in [0.25, 0.3) is 22.0 Å². The number of morpholine rings is 1. The van der Waals surface area contributed by atoms with Crippen molar-refractivity contribution < 1.29 is 4.74 Å². The van der Waals surface area contributed by atoms with Gasteiger partial charge in [0.15, 0.2) is 0 Å². The summed E-state index contributed by atoms with van der Waals surface area (Å²) in [6.45, 7) is 3.28. The van der Waals surface area contributed by atoms with Gasteiger partial charge in [0.1, 0.15) is 5.82 Å². The van der Waals surface area contributed by atoms with Gasteiger partial charge in [0.05, 0.1) is 30.5 Å². The van der Waals surface area contributed by atoms with Crippen molar-refractivity contribution in [2.24, 2.45) is 7.05 Å². The summed E-state index contributed by atoms with van der Waals surface area (Å²) in [6, 6.07) is 12.0. The first-order valence-electron chi connectivity index (χ1n) is 9.89. The fraction of sp³-hybridized carbons (Fsp3) is 0.227. The molecule has 0 atom stereocenters. The Kier molecular flexibility index (Phi) is 4.68. The van der Waals surface area contributed by atoms with Gasteiger partial charge in [-0.1, -0.05) is 0 Å². The summed E-state index contributed by atoms with van der Waals surface area (Å²) < 4.78 is 7.16. The number of aromatic nitrogens is 4. The van der Waals surface area contributed by atoms with Crippen LogP contribution in [0.5, 0.6) is 0 Å². The zero-order chi connectivity index (χ0) is 20.5. The highest BCUT2D eigenvalue weighted by molar-refractivity contribution is 5.95. The van der Waals surface area contributed by atoms with Crippen LogP contribution in [0.4, 0.5) is 17.2 Å². The highest BCUT2D eigenvalue weighted by Gasteiger charge is 2.14. The number of benzene rings is 1. The number of nitrogens with one attached hydrogen (secondary N) is 2. The van der Waals surface area contributed by atoms with Gasteiger partial charge in [-0.3, -0.25) is 9.48 Å². The smallest absolute Gasteiger partial charge is 0.259 e. The minimum atomic E-state index is -0.176. The molecule has 1 aromatic carbocycles. The van der Waals surface area contributed by atoms with E-state index >= 15 is 0 Å². The molecule has 8 nitrogen and oxygen atoms in total. The summed E-state index contributed by atoms with van der Waals surface area (Å²) in [5, 5.41) is 8.92. The number of fused-ring (bicyclic) bond motifs is 1. The molecule has 152 valence electrons. The van der Waals surface area contributed by atoms with E-state index in [0.717, 1.165) is 54.3 Å². The van der Waals surface area contributed by atoms with Crippen LogP contribution in [0.3, 0.4) is 0 Å². The van der Waals surface area contributed by atoms with E-state index < -0.39 is 0 Å². The van der Waals surface area contributed by atoms with Crippen molar-refractivity contribution >= 4 is 28.0 Å². The molecule has 3 aromatic heterocycles. The molecular formula is C22H22N6O2. The second kappa shape index (κ2) is 7.64. The average Bonchev–Trinajstić information content (AvgIpc) is 3.21. The fourth-order valence-corrected chi connectivity index (χ4v) is 3.72. The highest BCUT2D eigenvalue weighted by Crippen LogP contribution is 2.28. The Balaban J connectivity index is 1.52. The number of hydrogen-bond donors (Lipinski definition) is 2. The van der Waals surface area contributed by atoms with Crippen LogP contribution >= 0.6 is 0 Å². The Bertz CT molecular complexity index is 1240. The topological polar surface area (TPSA) is 88.1 Å². The lowest BCUT2D eigenvalue weighted by Crippen LogP contribution is -2.36. The summed E-state index contributed by atoms with van der Waals surface area (Å²) >= 11 is 0. The van der Waals surface area contributed by atoms with Crippen LogP contribution in [0.15, 0.2) is 59.8 Å². The quantitative estimate of drug-likeness (QED) is 0.546. The largest absolute Gasteiger partial charge is 0.378 e. The van der Waals surface area contributed by atoms with E-state index in [1.54, 1.807) is 17.1 Å². The number of pyridine rings is 2. The molecule has 0 radical (unpaired) electrons. The Morgan fingerprint density at radius 1 is 1.13 bits per heavy atom. The zero-order valence-corrected chi connectivity index (χ0v) is 16.6. The van der Waals surface area contributed by atoms with E-state index in [1.165, 1.54) is 0 Å². The number of rotatable bonds is 4. The van der Waals surface area contributed by atoms with E-state index in [9.17, 15) is 4.79 Å². The maximum atomic E-state index is 12.5. The molecule has 30 heavy (non-hydrogen) atoms. The number of aryl methyl sites for hydroxylation is 1.